The molecule has 1 fully saturated rings. The lowest BCUT2D eigenvalue weighted by Gasteiger charge is -2.18. The van der Waals surface area contributed by atoms with Gasteiger partial charge >= 0.3 is 0 Å². The second kappa shape index (κ2) is 7.38. The Morgan fingerprint density at radius 3 is 2.86 bits per heavy atom. The monoisotopic (exact) mass is 313 g/mol. The first-order valence-electron chi connectivity index (χ1n) is 6.74. The summed E-state index contributed by atoms with van der Waals surface area (Å²) in [6.45, 7) is 3.37. The highest BCUT2D eigenvalue weighted by Gasteiger charge is 2.28. The molecule has 2 rings (SSSR count). The van der Waals surface area contributed by atoms with Gasteiger partial charge in [-0.1, -0.05) is 12.1 Å². The van der Waals surface area contributed by atoms with Crippen LogP contribution in [0.25, 0.3) is 0 Å². The number of halogens is 1. The molecule has 7 heteroatoms. The minimum absolute atomic E-state index is 0. The van der Waals surface area contributed by atoms with E-state index in [4.69, 9.17) is 5.73 Å². The van der Waals surface area contributed by atoms with Crippen molar-refractivity contribution in [1.29, 1.82) is 0 Å². The molecule has 2 unspecified atom stereocenters. The van der Waals surface area contributed by atoms with Crippen molar-refractivity contribution in [3.05, 3.63) is 39.9 Å². The third-order valence-electron chi connectivity index (χ3n) is 3.80. The van der Waals surface area contributed by atoms with Crippen molar-refractivity contribution in [1.82, 2.24) is 4.90 Å². The highest BCUT2D eigenvalue weighted by Crippen LogP contribution is 2.20. The topological polar surface area (TPSA) is 89.5 Å². The van der Waals surface area contributed by atoms with Crippen LogP contribution >= 0.6 is 12.4 Å². The standard InChI is InChI=1S/C14H19N3O3.ClH/c1-10(15)12-5-6-16(9-12)14(18)8-11-3-2-4-13(7-11)17(19)20;/h2-4,7,10,12H,5-6,8-9,15H2,1H3;1H. The number of nitro benzene ring substituents is 1. The molecular formula is C14H20ClN3O3. The number of likely N-dealkylation sites (tertiary alicyclic amines) is 1. The van der Waals surface area contributed by atoms with Crippen LogP contribution in [-0.4, -0.2) is 34.9 Å². The number of rotatable bonds is 4. The number of amides is 1. The Kier molecular flexibility index (Phi) is 6.11. The molecule has 0 bridgehead atoms. The Morgan fingerprint density at radius 1 is 1.57 bits per heavy atom. The average Bonchev–Trinajstić information content (AvgIpc) is 2.88. The van der Waals surface area contributed by atoms with Gasteiger partial charge in [-0.25, -0.2) is 0 Å². The van der Waals surface area contributed by atoms with Gasteiger partial charge in [0.15, 0.2) is 0 Å². The molecule has 1 amide bonds. The zero-order valence-corrected chi connectivity index (χ0v) is 12.7. The van der Waals surface area contributed by atoms with Crippen LogP contribution in [-0.2, 0) is 11.2 Å². The summed E-state index contributed by atoms with van der Waals surface area (Å²) in [6, 6.07) is 6.32. The van der Waals surface area contributed by atoms with Crippen LogP contribution in [0.2, 0.25) is 0 Å². The molecule has 1 aromatic carbocycles. The van der Waals surface area contributed by atoms with Gasteiger partial charge in [-0.3, -0.25) is 14.9 Å². The van der Waals surface area contributed by atoms with E-state index >= 15 is 0 Å². The zero-order valence-electron chi connectivity index (χ0n) is 11.9. The van der Waals surface area contributed by atoms with Crippen LogP contribution in [0.5, 0.6) is 0 Å². The van der Waals surface area contributed by atoms with E-state index in [1.54, 1.807) is 17.0 Å². The van der Waals surface area contributed by atoms with E-state index in [-0.39, 0.29) is 36.5 Å². The SMILES string of the molecule is CC(N)C1CCN(C(=O)Cc2cccc([N+](=O)[O-])c2)C1.Cl. The minimum atomic E-state index is -0.448. The lowest BCUT2D eigenvalue weighted by molar-refractivity contribution is -0.384. The highest BCUT2D eigenvalue weighted by molar-refractivity contribution is 5.85. The molecule has 1 heterocycles. The second-order valence-electron chi connectivity index (χ2n) is 5.35. The van der Waals surface area contributed by atoms with Crippen LogP contribution in [0.1, 0.15) is 18.9 Å². The number of hydrogen-bond acceptors (Lipinski definition) is 4. The van der Waals surface area contributed by atoms with E-state index in [2.05, 4.69) is 0 Å². The highest BCUT2D eigenvalue weighted by atomic mass is 35.5. The Hall–Kier alpha value is -1.66. The normalized spacial score (nSPS) is 19.0. The van der Waals surface area contributed by atoms with Crippen LogP contribution in [0.15, 0.2) is 24.3 Å². The zero-order chi connectivity index (χ0) is 14.7. The minimum Gasteiger partial charge on any atom is -0.342 e. The Morgan fingerprint density at radius 2 is 2.29 bits per heavy atom. The maximum atomic E-state index is 12.2. The average molecular weight is 314 g/mol. The van der Waals surface area contributed by atoms with Crippen molar-refractivity contribution in [2.45, 2.75) is 25.8 Å². The van der Waals surface area contributed by atoms with Gasteiger partial charge in [0, 0.05) is 31.3 Å². The fourth-order valence-electron chi connectivity index (χ4n) is 2.51. The predicted molar refractivity (Wildman–Crippen MR) is 82.4 cm³/mol. The number of nitrogens with zero attached hydrogens (tertiary/aromatic N) is 2. The lowest BCUT2D eigenvalue weighted by atomic mass is 10.0. The molecule has 0 radical (unpaired) electrons. The van der Waals surface area contributed by atoms with E-state index in [1.807, 2.05) is 6.92 Å². The molecule has 2 atom stereocenters. The molecular weight excluding hydrogens is 294 g/mol. The van der Waals surface area contributed by atoms with Gasteiger partial charge in [0.05, 0.1) is 11.3 Å². The molecule has 116 valence electrons. The summed E-state index contributed by atoms with van der Waals surface area (Å²) in [5.41, 5.74) is 6.55. The first-order chi connectivity index (χ1) is 9.47. The number of nitro groups is 1. The number of carbonyl (C=O) groups is 1. The number of benzene rings is 1. The Balaban J connectivity index is 0.00000220. The second-order valence-corrected chi connectivity index (χ2v) is 5.35. The fourth-order valence-corrected chi connectivity index (χ4v) is 2.51. The molecule has 1 aliphatic heterocycles. The van der Waals surface area contributed by atoms with Gasteiger partial charge in [-0.05, 0) is 24.8 Å². The van der Waals surface area contributed by atoms with E-state index in [9.17, 15) is 14.9 Å². The molecule has 1 saturated heterocycles. The first kappa shape index (κ1) is 17.4. The van der Waals surface area contributed by atoms with Crippen molar-refractivity contribution in [2.24, 2.45) is 11.7 Å². The third kappa shape index (κ3) is 4.41. The number of hydrogen-bond donors (Lipinski definition) is 1. The van der Waals surface area contributed by atoms with Crippen molar-refractivity contribution < 1.29 is 9.72 Å². The van der Waals surface area contributed by atoms with Crippen molar-refractivity contribution in [3.63, 3.8) is 0 Å². The van der Waals surface area contributed by atoms with E-state index in [1.165, 1.54) is 12.1 Å². The summed E-state index contributed by atoms with van der Waals surface area (Å²) in [4.78, 5) is 24.2. The quantitative estimate of drug-likeness (QED) is 0.677. The number of carbonyl (C=O) groups excluding carboxylic acids is 1. The largest absolute Gasteiger partial charge is 0.342 e. The summed E-state index contributed by atoms with van der Waals surface area (Å²) in [6.07, 6.45) is 1.13. The fraction of sp³-hybridized carbons (Fsp3) is 0.500. The van der Waals surface area contributed by atoms with Crippen LogP contribution in [0.4, 0.5) is 5.69 Å². The lowest BCUT2D eigenvalue weighted by Crippen LogP contribution is -2.33. The summed E-state index contributed by atoms with van der Waals surface area (Å²) < 4.78 is 0. The van der Waals surface area contributed by atoms with Gasteiger partial charge in [0.25, 0.3) is 5.69 Å². The van der Waals surface area contributed by atoms with Crippen LogP contribution < -0.4 is 5.73 Å². The molecule has 0 spiro atoms. The molecule has 0 saturated carbocycles. The van der Waals surface area contributed by atoms with Gasteiger partial charge in [-0.2, -0.15) is 0 Å². The van der Waals surface area contributed by atoms with E-state index in [0.29, 0.717) is 18.0 Å². The van der Waals surface area contributed by atoms with Crippen molar-refractivity contribution in [2.75, 3.05) is 13.1 Å². The summed E-state index contributed by atoms with van der Waals surface area (Å²) in [7, 11) is 0. The van der Waals surface area contributed by atoms with E-state index in [0.717, 1.165) is 13.0 Å². The first-order valence-corrected chi connectivity index (χ1v) is 6.74. The molecule has 0 aliphatic carbocycles. The summed E-state index contributed by atoms with van der Waals surface area (Å²) in [5, 5.41) is 10.7. The predicted octanol–water partition coefficient (Wildman–Crippen LogP) is 1.75. The van der Waals surface area contributed by atoms with Crippen molar-refractivity contribution in [3.8, 4) is 0 Å². The summed E-state index contributed by atoms with van der Waals surface area (Å²) in [5.74, 6) is 0.359. The maximum absolute atomic E-state index is 12.2. The molecule has 1 aliphatic rings. The number of nitrogens with two attached hydrogens (primary N) is 1. The van der Waals surface area contributed by atoms with Gasteiger partial charge in [0.1, 0.15) is 0 Å². The van der Waals surface area contributed by atoms with Crippen molar-refractivity contribution >= 4 is 24.0 Å². The van der Waals surface area contributed by atoms with Gasteiger partial charge in [0.2, 0.25) is 5.91 Å². The molecule has 6 nitrogen and oxygen atoms in total. The van der Waals surface area contributed by atoms with Gasteiger partial charge < -0.3 is 10.6 Å². The molecule has 1 aromatic rings. The molecule has 0 aromatic heterocycles. The molecule has 2 N–H and O–H groups in total. The summed E-state index contributed by atoms with van der Waals surface area (Å²) >= 11 is 0. The number of non-ortho nitro benzene ring substituents is 1. The van der Waals surface area contributed by atoms with Gasteiger partial charge in [-0.15, -0.1) is 12.4 Å². The third-order valence-corrected chi connectivity index (χ3v) is 3.80. The van der Waals surface area contributed by atoms with Crippen LogP contribution in [0.3, 0.4) is 0 Å². The smallest absolute Gasteiger partial charge is 0.269 e. The maximum Gasteiger partial charge on any atom is 0.269 e. The Labute approximate surface area is 129 Å². The van der Waals surface area contributed by atoms with Crippen LogP contribution in [0, 0.1) is 16.0 Å². The Bertz CT molecular complexity index is 522. The van der Waals surface area contributed by atoms with E-state index < -0.39 is 4.92 Å². The molecule has 21 heavy (non-hydrogen) atoms.